The van der Waals surface area contributed by atoms with Gasteiger partial charge in [-0.05, 0) is 50.0 Å². The fourth-order valence-corrected chi connectivity index (χ4v) is 3.31. The van der Waals surface area contributed by atoms with Crippen molar-refractivity contribution < 1.29 is 4.79 Å². The second-order valence-corrected chi connectivity index (χ2v) is 6.51. The zero-order valence-corrected chi connectivity index (χ0v) is 13.1. The van der Waals surface area contributed by atoms with Gasteiger partial charge in [-0.2, -0.15) is 11.8 Å². The highest BCUT2D eigenvalue weighted by Gasteiger charge is 2.25. The molecule has 2 heterocycles. The van der Waals surface area contributed by atoms with Gasteiger partial charge in [-0.15, -0.1) is 0 Å². The van der Waals surface area contributed by atoms with Crippen LogP contribution in [0, 0.1) is 0 Å². The molecule has 0 radical (unpaired) electrons. The third-order valence-electron chi connectivity index (χ3n) is 3.84. The summed E-state index contributed by atoms with van der Waals surface area (Å²) in [6.45, 7) is 3.04. The zero-order chi connectivity index (χ0) is 14.2. The number of hydrogen-bond acceptors (Lipinski definition) is 3. The van der Waals surface area contributed by atoms with Crippen LogP contribution in [0.25, 0.3) is 0 Å². The van der Waals surface area contributed by atoms with Crippen molar-refractivity contribution in [3.8, 4) is 0 Å². The first-order chi connectivity index (χ1) is 9.81. The van der Waals surface area contributed by atoms with Crippen molar-refractivity contribution in [2.24, 2.45) is 0 Å². The highest BCUT2D eigenvalue weighted by molar-refractivity contribution is 7.99. The number of carbonyl (C=O) groups excluding carboxylic acids is 1. The highest BCUT2D eigenvalue weighted by atomic mass is 32.2. The Morgan fingerprint density at radius 1 is 1.45 bits per heavy atom. The highest BCUT2D eigenvalue weighted by Crippen LogP contribution is 2.22. The number of likely N-dealkylation sites (tertiary alicyclic amines) is 1. The van der Waals surface area contributed by atoms with Gasteiger partial charge in [-0.1, -0.05) is 13.0 Å². The predicted octanol–water partition coefficient (Wildman–Crippen LogP) is 3.15. The summed E-state index contributed by atoms with van der Waals surface area (Å²) in [5.41, 5.74) is 1.13. The fourth-order valence-electron chi connectivity index (χ4n) is 2.76. The lowest BCUT2D eigenvalue weighted by Crippen LogP contribution is -2.44. The number of aromatic nitrogens is 1. The molecule has 110 valence electrons. The summed E-state index contributed by atoms with van der Waals surface area (Å²) in [5, 5.41) is 0. The van der Waals surface area contributed by atoms with Crippen LogP contribution < -0.4 is 0 Å². The van der Waals surface area contributed by atoms with E-state index in [2.05, 4.69) is 22.9 Å². The van der Waals surface area contributed by atoms with Crippen LogP contribution in [0.5, 0.6) is 0 Å². The number of nitrogens with zero attached hydrogens (tertiary/aromatic N) is 2. The summed E-state index contributed by atoms with van der Waals surface area (Å²) in [6, 6.07) is 6.46. The monoisotopic (exact) mass is 292 g/mol. The Hall–Kier alpha value is -1.03. The lowest BCUT2D eigenvalue weighted by atomic mass is 9.97. The maximum absolute atomic E-state index is 12.3. The molecule has 0 aromatic carbocycles. The van der Waals surface area contributed by atoms with Crippen LogP contribution in [0.4, 0.5) is 0 Å². The zero-order valence-electron chi connectivity index (χ0n) is 12.3. The van der Waals surface area contributed by atoms with Gasteiger partial charge in [0.05, 0.1) is 5.75 Å². The molecule has 1 aromatic rings. The standard InChI is InChI=1S/C16H24N2OS/c1-2-20-13-16(19)18-12-6-4-8-15(18)10-9-14-7-3-5-11-17-14/h3,5,7,11,15H,2,4,6,8-10,12-13H2,1H3. The Labute approximate surface area is 126 Å². The first-order valence-electron chi connectivity index (χ1n) is 7.58. The number of rotatable bonds is 6. The van der Waals surface area contributed by atoms with Gasteiger partial charge in [-0.3, -0.25) is 9.78 Å². The molecule has 2 rings (SSSR count). The number of piperidine rings is 1. The van der Waals surface area contributed by atoms with E-state index in [0.717, 1.165) is 43.7 Å². The topological polar surface area (TPSA) is 33.2 Å². The molecule has 0 bridgehead atoms. The molecular weight excluding hydrogens is 268 g/mol. The van der Waals surface area contributed by atoms with Crippen molar-refractivity contribution in [2.45, 2.75) is 45.1 Å². The molecule has 20 heavy (non-hydrogen) atoms. The summed E-state index contributed by atoms with van der Waals surface area (Å²) >= 11 is 1.72. The maximum atomic E-state index is 12.3. The number of pyridine rings is 1. The number of amides is 1. The normalized spacial score (nSPS) is 19.1. The van der Waals surface area contributed by atoms with Crippen molar-refractivity contribution in [2.75, 3.05) is 18.1 Å². The van der Waals surface area contributed by atoms with Crippen molar-refractivity contribution >= 4 is 17.7 Å². The van der Waals surface area contributed by atoms with E-state index in [0.29, 0.717) is 17.7 Å². The summed E-state index contributed by atoms with van der Waals surface area (Å²) < 4.78 is 0. The van der Waals surface area contributed by atoms with Gasteiger partial charge >= 0.3 is 0 Å². The van der Waals surface area contributed by atoms with E-state index in [9.17, 15) is 4.79 Å². The largest absolute Gasteiger partial charge is 0.339 e. The quantitative estimate of drug-likeness (QED) is 0.807. The number of thioether (sulfide) groups is 1. The maximum Gasteiger partial charge on any atom is 0.232 e. The third-order valence-corrected chi connectivity index (χ3v) is 4.70. The lowest BCUT2D eigenvalue weighted by Gasteiger charge is -2.36. The minimum atomic E-state index is 0.322. The van der Waals surface area contributed by atoms with Crippen molar-refractivity contribution in [1.29, 1.82) is 0 Å². The number of hydrogen-bond donors (Lipinski definition) is 0. The molecule has 1 aromatic heterocycles. The Balaban J connectivity index is 1.88. The molecule has 1 unspecified atom stereocenters. The molecule has 1 aliphatic rings. The average Bonchev–Trinajstić information content (AvgIpc) is 2.52. The second kappa shape index (κ2) is 8.30. The van der Waals surface area contributed by atoms with E-state index >= 15 is 0 Å². The van der Waals surface area contributed by atoms with Crippen LogP contribution >= 0.6 is 11.8 Å². The van der Waals surface area contributed by atoms with Crippen LogP contribution in [-0.2, 0) is 11.2 Å². The van der Waals surface area contributed by atoms with Gasteiger partial charge < -0.3 is 4.90 Å². The molecule has 1 saturated heterocycles. The van der Waals surface area contributed by atoms with Crippen LogP contribution in [0.1, 0.15) is 38.3 Å². The molecule has 0 saturated carbocycles. The van der Waals surface area contributed by atoms with Gasteiger partial charge in [0.1, 0.15) is 0 Å². The fraction of sp³-hybridized carbons (Fsp3) is 0.625. The van der Waals surface area contributed by atoms with E-state index in [-0.39, 0.29) is 0 Å². The van der Waals surface area contributed by atoms with Gasteiger partial charge in [0.25, 0.3) is 0 Å². The smallest absolute Gasteiger partial charge is 0.232 e. The number of carbonyl (C=O) groups is 1. The number of aryl methyl sites for hydroxylation is 1. The molecule has 3 nitrogen and oxygen atoms in total. The predicted molar refractivity (Wildman–Crippen MR) is 84.9 cm³/mol. The second-order valence-electron chi connectivity index (χ2n) is 5.23. The summed E-state index contributed by atoms with van der Waals surface area (Å²) in [4.78, 5) is 18.8. The third kappa shape index (κ3) is 4.51. The van der Waals surface area contributed by atoms with E-state index < -0.39 is 0 Å². The molecule has 0 spiro atoms. The van der Waals surface area contributed by atoms with E-state index in [1.54, 1.807) is 11.8 Å². The first kappa shape index (κ1) is 15.4. The van der Waals surface area contributed by atoms with Gasteiger partial charge in [0.2, 0.25) is 5.91 Å². The Morgan fingerprint density at radius 3 is 3.10 bits per heavy atom. The van der Waals surface area contributed by atoms with Gasteiger partial charge in [-0.25, -0.2) is 0 Å². The minimum absolute atomic E-state index is 0.322. The van der Waals surface area contributed by atoms with Crippen molar-refractivity contribution in [3.63, 3.8) is 0 Å². The Kier molecular flexibility index (Phi) is 6.37. The lowest BCUT2D eigenvalue weighted by molar-refractivity contribution is -0.132. The molecule has 1 aliphatic heterocycles. The van der Waals surface area contributed by atoms with Crippen molar-refractivity contribution in [1.82, 2.24) is 9.88 Å². The van der Waals surface area contributed by atoms with E-state index in [4.69, 9.17) is 0 Å². The Morgan fingerprint density at radius 2 is 2.35 bits per heavy atom. The molecule has 1 amide bonds. The van der Waals surface area contributed by atoms with Crippen molar-refractivity contribution in [3.05, 3.63) is 30.1 Å². The van der Waals surface area contributed by atoms with Crippen LogP contribution in [-0.4, -0.2) is 39.9 Å². The van der Waals surface area contributed by atoms with Crippen LogP contribution in [0.15, 0.2) is 24.4 Å². The average molecular weight is 292 g/mol. The van der Waals surface area contributed by atoms with Gasteiger partial charge in [0.15, 0.2) is 0 Å². The molecule has 1 fully saturated rings. The molecular formula is C16H24N2OS. The van der Waals surface area contributed by atoms with Gasteiger partial charge in [0, 0.05) is 24.5 Å². The SMILES string of the molecule is CCSCC(=O)N1CCCCC1CCc1ccccn1. The minimum Gasteiger partial charge on any atom is -0.339 e. The summed E-state index contributed by atoms with van der Waals surface area (Å²) in [7, 11) is 0. The van der Waals surface area contributed by atoms with E-state index in [1.807, 2.05) is 18.3 Å². The summed E-state index contributed by atoms with van der Waals surface area (Å²) in [6.07, 6.45) is 7.41. The first-order valence-corrected chi connectivity index (χ1v) is 8.74. The van der Waals surface area contributed by atoms with E-state index in [1.165, 1.54) is 6.42 Å². The molecule has 1 atom stereocenters. The molecule has 4 heteroatoms. The molecule has 0 N–H and O–H groups in total. The summed E-state index contributed by atoms with van der Waals surface area (Å²) in [5.74, 6) is 1.97. The van der Waals surface area contributed by atoms with Crippen LogP contribution in [0.2, 0.25) is 0 Å². The Bertz CT molecular complexity index is 410. The molecule has 0 aliphatic carbocycles. The van der Waals surface area contributed by atoms with Crippen LogP contribution in [0.3, 0.4) is 0 Å².